The molecule has 0 saturated heterocycles. The SMILES string of the molecule is CC1(c2cc(Cl)cc(Cl)c2)CC(c2ccc(C(=O)CCC(=O)CC(F)(F)F)c3ccccc23)=NO1. The fourth-order valence-electron chi connectivity index (χ4n) is 4.19. The van der Waals surface area contributed by atoms with Gasteiger partial charge in [-0.2, -0.15) is 13.2 Å². The summed E-state index contributed by atoms with van der Waals surface area (Å²) in [5.74, 6) is -1.41. The topological polar surface area (TPSA) is 55.7 Å². The van der Waals surface area contributed by atoms with E-state index in [0.29, 0.717) is 33.1 Å². The van der Waals surface area contributed by atoms with Crippen molar-refractivity contribution in [2.24, 2.45) is 5.16 Å². The van der Waals surface area contributed by atoms with Crippen molar-refractivity contribution in [2.75, 3.05) is 0 Å². The summed E-state index contributed by atoms with van der Waals surface area (Å²) in [6.45, 7) is 1.88. The summed E-state index contributed by atoms with van der Waals surface area (Å²) >= 11 is 12.3. The van der Waals surface area contributed by atoms with E-state index in [9.17, 15) is 22.8 Å². The number of hydrogen-bond donors (Lipinski definition) is 0. The Morgan fingerprint density at radius 2 is 1.66 bits per heavy atom. The van der Waals surface area contributed by atoms with Crippen molar-refractivity contribution >= 4 is 51.3 Å². The van der Waals surface area contributed by atoms with Gasteiger partial charge in [0.2, 0.25) is 0 Å². The van der Waals surface area contributed by atoms with Gasteiger partial charge in [-0.05, 0) is 35.9 Å². The third kappa shape index (κ3) is 5.68. The number of fused-ring (bicyclic) bond motifs is 1. The summed E-state index contributed by atoms with van der Waals surface area (Å²) in [5, 5.41) is 6.64. The molecule has 35 heavy (non-hydrogen) atoms. The lowest BCUT2D eigenvalue weighted by atomic mass is 9.86. The van der Waals surface area contributed by atoms with E-state index in [4.69, 9.17) is 28.0 Å². The highest BCUT2D eigenvalue weighted by Crippen LogP contribution is 2.39. The molecule has 1 heterocycles. The summed E-state index contributed by atoms with van der Waals surface area (Å²) in [4.78, 5) is 30.2. The summed E-state index contributed by atoms with van der Waals surface area (Å²) in [6.07, 6.45) is -6.45. The first-order chi connectivity index (χ1) is 16.4. The number of alkyl halides is 3. The van der Waals surface area contributed by atoms with Crippen LogP contribution in [0.3, 0.4) is 0 Å². The predicted molar refractivity (Wildman–Crippen MR) is 129 cm³/mol. The van der Waals surface area contributed by atoms with E-state index >= 15 is 0 Å². The Balaban J connectivity index is 1.59. The van der Waals surface area contributed by atoms with E-state index in [2.05, 4.69) is 5.16 Å². The minimum Gasteiger partial charge on any atom is -0.384 e. The van der Waals surface area contributed by atoms with Gasteiger partial charge >= 0.3 is 6.18 Å². The number of ketones is 2. The number of oxime groups is 1. The number of halogens is 5. The van der Waals surface area contributed by atoms with E-state index in [1.165, 1.54) is 0 Å². The molecule has 0 N–H and O–H groups in total. The summed E-state index contributed by atoms with van der Waals surface area (Å²) < 4.78 is 37.2. The fraction of sp³-hybridized carbons (Fsp3) is 0.269. The van der Waals surface area contributed by atoms with Crippen molar-refractivity contribution in [1.82, 2.24) is 0 Å². The van der Waals surface area contributed by atoms with E-state index < -0.39 is 36.2 Å². The molecule has 1 aliphatic heterocycles. The first-order valence-electron chi connectivity index (χ1n) is 10.8. The largest absolute Gasteiger partial charge is 0.395 e. The zero-order valence-electron chi connectivity index (χ0n) is 18.6. The fourth-order valence-corrected chi connectivity index (χ4v) is 4.72. The third-order valence-corrected chi connectivity index (χ3v) is 6.34. The molecule has 0 radical (unpaired) electrons. The highest BCUT2D eigenvalue weighted by Gasteiger charge is 2.38. The lowest BCUT2D eigenvalue weighted by Gasteiger charge is -2.22. The summed E-state index contributed by atoms with van der Waals surface area (Å²) in [6, 6.07) is 15.7. The number of benzene rings is 3. The Kier molecular flexibility index (Phi) is 6.93. The molecule has 0 aliphatic carbocycles. The monoisotopic (exact) mass is 521 g/mol. The lowest BCUT2D eigenvalue weighted by Crippen LogP contribution is -2.22. The molecule has 0 bridgehead atoms. The van der Waals surface area contributed by atoms with Crippen LogP contribution in [0.4, 0.5) is 13.2 Å². The van der Waals surface area contributed by atoms with Gasteiger partial charge in [0.1, 0.15) is 12.2 Å². The Morgan fingerprint density at radius 3 is 2.31 bits per heavy atom. The van der Waals surface area contributed by atoms with E-state index in [-0.39, 0.29) is 6.42 Å². The van der Waals surface area contributed by atoms with Gasteiger partial charge in [0.25, 0.3) is 0 Å². The van der Waals surface area contributed by atoms with Gasteiger partial charge in [-0.3, -0.25) is 9.59 Å². The van der Waals surface area contributed by atoms with Crippen LogP contribution in [0.15, 0.2) is 59.8 Å². The Labute approximate surface area is 209 Å². The van der Waals surface area contributed by atoms with Crippen LogP contribution in [0.25, 0.3) is 10.8 Å². The van der Waals surface area contributed by atoms with Crippen LogP contribution >= 0.6 is 23.2 Å². The molecule has 1 aliphatic rings. The van der Waals surface area contributed by atoms with Crippen molar-refractivity contribution in [2.45, 2.75) is 44.4 Å². The zero-order valence-corrected chi connectivity index (χ0v) is 20.1. The number of carbonyl (C=O) groups excluding carboxylic acids is 2. The van der Waals surface area contributed by atoms with E-state index in [0.717, 1.165) is 16.5 Å². The predicted octanol–water partition coefficient (Wildman–Crippen LogP) is 7.67. The molecule has 1 atom stereocenters. The van der Waals surface area contributed by atoms with Gasteiger partial charge in [-0.25, -0.2) is 0 Å². The minimum absolute atomic E-state index is 0.296. The van der Waals surface area contributed by atoms with Gasteiger partial charge in [0.15, 0.2) is 11.4 Å². The van der Waals surface area contributed by atoms with Gasteiger partial charge in [-0.15, -0.1) is 0 Å². The van der Waals surface area contributed by atoms with Gasteiger partial charge in [0.05, 0.1) is 5.71 Å². The molecule has 3 aromatic rings. The zero-order chi connectivity index (χ0) is 25.4. The molecular weight excluding hydrogens is 502 g/mol. The number of Topliss-reactive ketones (excluding diaryl/α,β-unsaturated/α-hetero) is 2. The molecule has 0 amide bonds. The number of rotatable bonds is 7. The highest BCUT2D eigenvalue weighted by atomic mass is 35.5. The molecule has 0 aromatic heterocycles. The maximum absolute atomic E-state index is 12.8. The van der Waals surface area contributed by atoms with Crippen LogP contribution in [0, 0.1) is 0 Å². The van der Waals surface area contributed by atoms with Gasteiger partial charge in [-0.1, -0.05) is 64.8 Å². The van der Waals surface area contributed by atoms with E-state index in [1.807, 2.05) is 19.1 Å². The van der Waals surface area contributed by atoms with Crippen molar-refractivity contribution in [1.29, 1.82) is 0 Å². The van der Waals surface area contributed by atoms with Crippen molar-refractivity contribution in [3.05, 3.63) is 81.3 Å². The van der Waals surface area contributed by atoms with Crippen molar-refractivity contribution in [3.63, 3.8) is 0 Å². The quantitative estimate of drug-likeness (QED) is 0.299. The van der Waals surface area contributed by atoms with Crippen LogP contribution in [0.2, 0.25) is 10.0 Å². The van der Waals surface area contributed by atoms with Gasteiger partial charge in [0, 0.05) is 46.0 Å². The van der Waals surface area contributed by atoms with Crippen LogP contribution in [0.5, 0.6) is 0 Å². The molecule has 4 nitrogen and oxygen atoms in total. The second-order valence-electron chi connectivity index (χ2n) is 8.66. The average Bonchev–Trinajstić information content (AvgIpc) is 3.18. The maximum Gasteiger partial charge on any atom is 0.395 e. The Hall–Kier alpha value is -2.90. The van der Waals surface area contributed by atoms with E-state index in [1.54, 1.807) is 42.5 Å². The van der Waals surface area contributed by atoms with Crippen LogP contribution in [0.1, 0.15) is 54.1 Å². The Morgan fingerprint density at radius 1 is 1.00 bits per heavy atom. The standard InChI is InChI=1S/C26H20Cl2F3NO3/c1-25(15-10-16(27)12-17(28)11-15)14-23(32-35-25)21-7-8-22(20-5-3-2-4-19(20)21)24(34)9-6-18(33)13-26(29,30)31/h2-5,7-8,10-12H,6,9,13-14H2,1H3. The van der Waals surface area contributed by atoms with Crippen molar-refractivity contribution in [3.8, 4) is 0 Å². The molecule has 9 heteroatoms. The van der Waals surface area contributed by atoms with Crippen LogP contribution in [-0.4, -0.2) is 23.5 Å². The number of hydrogen-bond acceptors (Lipinski definition) is 4. The second kappa shape index (κ2) is 9.63. The summed E-state index contributed by atoms with van der Waals surface area (Å²) in [5.41, 5.74) is 1.75. The van der Waals surface area contributed by atoms with Gasteiger partial charge < -0.3 is 4.84 Å². The molecular formula is C26H20Cl2F3NO3. The average molecular weight is 522 g/mol. The minimum atomic E-state index is -4.58. The molecule has 0 fully saturated rings. The number of nitrogens with zero attached hydrogens (tertiary/aromatic N) is 1. The smallest absolute Gasteiger partial charge is 0.384 e. The first-order valence-corrected chi connectivity index (χ1v) is 11.6. The maximum atomic E-state index is 12.8. The van der Waals surface area contributed by atoms with Crippen LogP contribution in [-0.2, 0) is 15.2 Å². The van der Waals surface area contributed by atoms with Crippen molar-refractivity contribution < 1.29 is 27.6 Å². The molecule has 3 aromatic carbocycles. The molecule has 0 spiro atoms. The lowest BCUT2D eigenvalue weighted by molar-refractivity contribution is -0.152. The highest BCUT2D eigenvalue weighted by molar-refractivity contribution is 6.34. The Bertz CT molecular complexity index is 1330. The number of carbonyl (C=O) groups is 2. The third-order valence-electron chi connectivity index (χ3n) is 5.90. The first kappa shape index (κ1) is 25.2. The molecule has 182 valence electrons. The summed E-state index contributed by atoms with van der Waals surface area (Å²) in [7, 11) is 0. The second-order valence-corrected chi connectivity index (χ2v) is 9.53. The molecule has 1 unspecified atom stereocenters. The molecule has 4 rings (SSSR count). The normalized spacial score (nSPS) is 17.8. The van der Waals surface area contributed by atoms with Crippen LogP contribution < -0.4 is 0 Å². The molecule has 0 saturated carbocycles.